The van der Waals surface area contributed by atoms with Gasteiger partial charge in [0.2, 0.25) is 0 Å². The summed E-state index contributed by atoms with van der Waals surface area (Å²) >= 11 is 5.11. The largest absolute Gasteiger partial charge is 0.355 e. The molecule has 0 aromatic rings. The number of alkyl halides is 1. The molecule has 0 N–H and O–H groups in total. The fourth-order valence-electron chi connectivity index (χ4n) is 0.149. The van der Waals surface area contributed by atoms with Crippen molar-refractivity contribution in [3.05, 3.63) is 6.92 Å². The molecule has 43 valence electrons. The lowest BCUT2D eigenvalue weighted by atomic mass is 10.9. The highest BCUT2D eigenvalue weighted by Crippen LogP contribution is 1.78. The molecule has 2 nitrogen and oxygen atoms in total. The fourth-order valence-corrected chi connectivity index (χ4v) is 0.212. The molecule has 0 saturated heterocycles. The van der Waals surface area contributed by atoms with Crippen LogP contribution in [0.1, 0.15) is 0 Å². The Morgan fingerprint density at radius 1 is 1.43 bits per heavy atom. The summed E-state index contributed by atoms with van der Waals surface area (Å²) in [6.45, 7) is 4.08. The highest BCUT2D eigenvalue weighted by Gasteiger charge is 1.77. The van der Waals surface area contributed by atoms with Crippen LogP contribution in [0.4, 0.5) is 0 Å². The van der Waals surface area contributed by atoms with Crippen molar-refractivity contribution >= 4 is 11.6 Å². The van der Waals surface area contributed by atoms with Gasteiger partial charge in [-0.15, -0.1) is 0 Å². The van der Waals surface area contributed by atoms with Gasteiger partial charge in [0, 0.05) is 6.61 Å². The van der Waals surface area contributed by atoms with E-state index in [2.05, 4.69) is 16.4 Å². The second-order valence-corrected chi connectivity index (χ2v) is 1.06. The average Bonchev–Trinajstić information content (AvgIpc) is 1.69. The van der Waals surface area contributed by atoms with Crippen molar-refractivity contribution in [1.29, 1.82) is 0 Å². The van der Waals surface area contributed by atoms with Crippen LogP contribution in [0.5, 0.6) is 0 Å². The van der Waals surface area contributed by atoms with Crippen LogP contribution in [0.3, 0.4) is 0 Å². The Balaban J connectivity index is 2.45. The lowest BCUT2D eigenvalue weighted by Gasteiger charge is -1.96. The SMILES string of the molecule is [CH2]COCOCCl. The Hall–Kier alpha value is 0.210. The molecule has 0 aliphatic heterocycles. The lowest BCUT2D eigenvalue weighted by molar-refractivity contribution is -0.0271. The zero-order valence-electron chi connectivity index (χ0n) is 4.02. The summed E-state index contributed by atoms with van der Waals surface area (Å²) in [5, 5.41) is 0. The molecule has 0 bridgehead atoms. The monoisotopic (exact) mass is 123 g/mol. The predicted octanol–water partition coefficient (Wildman–Crippen LogP) is 1.01. The van der Waals surface area contributed by atoms with E-state index < -0.39 is 0 Å². The van der Waals surface area contributed by atoms with Crippen LogP contribution in [0.2, 0.25) is 0 Å². The van der Waals surface area contributed by atoms with Gasteiger partial charge in [0.15, 0.2) is 0 Å². The lowest BCUT2D eigenvalue weighted by Crippen LogP contribution is -1.96. The summed E-state index contributed by atoms with van der Waals surface area (Å²) in [7, 11) is 0. The van der Waals surface area contributed by atoms with Gasteiger partial charge in [-0.1, -0.05) is 11.6 Å². The summed E-state index contributed by atoms with van der Waals surface area (Å²) in [6.07, 6.45) is 0. The minimum Gasteiger partial charge on any atom is -0.355 e. The summed E-state index contributed by atoms with van der Waals surface area (Å²) in [5.74, 6) is 0. The smallest absolute Gasteiger partial charge is 0.148 e. The van der Waals surface area contributed by atoms with Crippen molar-refractivity contribution in [3.8, 4) is 0 Å². The molecule has 7 heavy (non-hydrogen) atoms. The third-order valence-corrected chi connectivity index (χ3v) is 0.542. The summed E-state index contributed by atoms with van der Waals surface area (Å²) in [5.41, 5.74) is 0. The Morgan fingerprint density at radius 2 is 2.14 bits per heavy atom. The number of hydrogen-bond donors (Lipinski definition) is 0. The molecule has 0 spiro atoms. The maximum Gasteiger partial charge on any atom is 0.148 e. The molecule has 0 amide bonds. The second kappa shape index (κ2) is 6.21. The number of hydrogen-bond acceptors (Lipinski definition) is 2. The first-order valence-electron chi connectivity index (χ1n) is 1.92. The zero-order chi connectivity index (χ0) is 5.54. The number of rotatable bonds is 4. The van der Waals surface area contributed by atoms with Crippen molar-refractivity contribution in [1.82, 2.24) is 0 Å². The first-order chi connectivity index (χ1) is 3.41. The standard InChI is InChI=1S/C4H8ClO2/c1-2-6-4-7-3-5/h1-4H2. The van der Waals surface area contributed by atoms with Gasteiger partial charge < -0.3 is 9.47 Å². The quantitative estimate of drug-likeness (QED) is 0.316. The van der Waals surface area contributed by atoms with Crippen LogP contribution in [-0.2, 0) is 9.47 Å². The normalized spacial score (nSPS) is 9.43. The third-order valence-electron chi connectivity index (χ3n) is 0.388. The van der Waals surface area contributed by atoms with Crippen LogP contribution in [0, 0.1) is 6.92 Å². The molecule has 0 heterocycles. The Bertz CT molecular complexity index is 28.9. The maximum atomic E-state index is 5.11. The number of ether oxygens (including phenoxy) is 2. The van der Waals surface area contributed by atoms with Gasteiger partial charge in [0.05, 0.1) is 0 Å². The summed E-state index contributed by atoms with van der Waals surface area (Å²) in [4.78, 5) is 0. The van der Waals surface area contributed by atoms with Crippen LogP contribution in [-0.4, -0.2) is 19.5 Å². The molecular formula is C4H8ClO2. The molecule has 0 aromatic carbocycles. The van der Waals surface area contributed by atoms with Crippen molar-refractivity contribution < 1.29 is 9.47 Å². The molecule has 0 fully saturated rings. The van der Waals surface area contributed by atoms with E-state index in [9.17, 15) is 0 Å². The predicted molar refractivity (Wildman–Crippen MR) is 28.0 cm³/mol. The molecule has 0 aliphatic carbocycles. The third kappa shape index (κ3) is 6.21. The van der Waals surface area contributed by atoms with Gasteiger partial charge in [-0.3, -0.25) is 0 Å². The Morgan fingerprint density at radius 3 is 2.57 bits per heavy atom. The topological polar surface area (TPSA) is 18.5 Å². The minimum absolute atomic E-state index is 0.181. The van der Waals surface area contributed by atoms with Crippen molar-refractivity contribution in [2.24, 2.45) is 0 Å². The van der Waals surface area contributed by atoms with Crippen molar-refractivity contribution in [3.63, 3.8) is 0 Å². The zero-order valence-corrected chi connectivity index (χ0v) is 4.78. The number of halogens is 1. The van der Waals surface area contributed by atoms with Gasteiger partial charge in [0.1, 0.15) is 12.9 Å². The van der Waals surface area contributed by atoms with Gasteiger partial charge in [-0.05, 0) is 6.92 Å². The maximum absolute atomic E-state index is 5.11. The van der Waals surface area contributed by atoms with Crippen LogP contribution in [0.15, 0.2) is 0 Å². The summed E-state index contributed by atoms with van der Waals surface area (Å²) in [6, 6.07) is 0.181. The molecule has 0 saturated carbocycles. The summed E-state index contributed by atoms with van der Waals surface area (Å²) < 4.78 is 9.23. The molecule has 0 rings (SSSR count). The Kier molecular flexibility index (Phi) is 6.40. The molecule has 3 heteroatoms. The van der Waals surface area contributed by atoms with Gasteiger partial charge in [-0.25, -0.2) is 0 Å². The van der Waals surface area contributed by atoms with E-state index >= 15 is 0 Å². The molecule has 0 aromatic heterocycles. The van der Waals surface area contributed by atoms with E-state index in [0.717, 1.165) is 0 Å². The van der Waals surface area contributed by atoms with Gasteiger partial charge >= 0.3 is 0 Å². The molecule has 0 unspecified atom stereocenters. The van der Waals surface area contributed by atoms with E-state index in [1.54, 1.807) is 0 Å². The van der Waals surface area contributed by atoms with Crippen LogP contribution in [0.25, 0.3) is 0 Å². The molecular weight excluding hydrogens is 115 g/mol. The van der Waals surface area contributed by atoms with Gasteiger partial charge in [-0.2, -0.15) is 0 Å². The second-order valence-electron chi connectivity index (χ2n) is 0.839. The van der Waals surface area contributed by atoms with Crippen LogP contribution >= 0.6 is 11.6 Å². The van der Waals surface area contributed by atoms with E-state index in [4.69, 9.17) is 11.6 Å². The first kappa shape index (κ1) is 7.21. The minimum atomic E-state index is 0.181. The van der Waals surface area contributed by atoms with Crippen LogP contribution < -0.4 is 0 Å². The van der Waals surface area contributed by atoms with Crippen molar-refractivity contribution in [2.45, 2.75) is 0 Å². The van der Waals surface area contributed by atoms with E-state index in [1.807, 2.05) is 0 Å². The molecule has 0 atom stereocenters. The highest BCUT2D eigenvalue weighted by molar-refractivity contribution is 6.17. The van der Waals surface area contributed by atoms with Gasteiger partial charge in [0.25, 0.3) is 0 Å². The highest BCUT2D eigenvalue weighted by atomic mass is 35.5. The molecule has 0 aliphatic rings. The fraction of sp³-hybridized carbons (Fsp3) is 0.750. The molecule has 1 radical (unpaired) electrons. The average molecular weight is 124 g/mol. The first-order valence-corrected chi connectivity index (χ1v) is 2.46. The Labute approximate surface area is 48.4 Å². The van der Waals surface area contributed by atoms with E-state index in [1.165, 1.54) is 0 Å². The van der Waals surface area contributed by atoms with Crippen molar-refractivity contribution in [2.75, 3.05) is 19.5 Å². The van der Waals surface area contributed by atoms with E-state index in [-0.39, 0.29) is 12.9 Å². The van der Waals surface area contributed by atoms with E-state index in [0.29, 0.717) is 6.61 Å².